The van der Waals surface area contributed by atoms with Gasteiger partial charge in [0.1, 0.15) is 0 Å². The van der Waals surface area contributed by atoms with Crippen LogP contribution < -0.4 is 0 Å². The average Bonchev–Trinajstić information content (AvgIpc) is 3.60. The van der Waals surface area contributed by atoms with Gasteiger partial charge in [-0.25, -0.2) is 11.6 Å². The molecule has 0 aliphatic heterocycles. The van der Waals surface area contributed by atoms with Gasteiger partial charge in [0.15, 0.2) is 0 Å². The van der Waals surface area contributed by atoms with Gasteiger partial charge in [0.25, 0.3) is 0 Å². The summed E-state index contributed by atoms with van der Waals surface area (Å²) >= 11 is 1.55. The minimum atomic E-state index is 0.0340. The maximum absolute atomic E-state index is 3.65. The van der Waals surface area contributed by atoms with E-state index >= 15 is 0 Å². The van der Waals surface area contributed by atoms with Crippen molar-refractivity contribution in [2.45, 2.75) is 119 Å². The van der Waals surface area contributed by atoms with Crippen LogP contribution in [0.3, 0.4) is 0 Å². The Labute approximate surface area is 271 Å². The summed E-state index contributed by atoms with van der Waals surface area (Å²) in [5, 5.41) is 0. The quantitative estimate of drug-likeness (QED) is 0.234. The molecule has 2 aromatic carbocycles. The Bertz CT molecular complexity index is 1450. The third-order valence-corrected chi connectivity index (χ3v) is 10.0. The third kappa shape index (κ3) is 6.07. The van der Waals surface area contributed by atoms with Crippen molar-refractivity contribution in [2.75, 3.05) is 0 Å². The second-order valence-corrected chi connectivity index (χ2v) is 17.5. The van der Waals surface area contributed by atoms with Gasteiger partial charge in [0.2, 0.25) is 0 Å². The number of hydrogen-bond acceptors (Lipinski definition) is 0. The first-order chi connectivity index (χ1) is 19.6. The van der Waals surface area contributed by atoms with Gasteiger partial charge in [0.05, 0.1) is 0 Å². The fourth-order valence-electron chi connectivity index (χ4n) is 7.86. The fraction of sp³-hybridized carbons (Fsp3) is 0.488. The molecule has 218 valence electrons. The number of rotatable bonds is 1. The summed E-state index contributed by atoms with van der Waals surface area (Å²) in [6.07, 6.45) is 22.2. The third-order valence-electron chi connectivity index (χ3n) is 10.0. The number of hydrogen-bond donors (Lipinski definition) is 0. The Morgan fingerprint density at radius 1 is 0.810 bits per heavy atom. The van der Waals surface area contributed by atoms with Gasteiger partial charge in [-0.15, -0.1) is 11.6 Å². The van der Waals surface area contributed by atoms with Crippen molar-refractivity contribution in [1.82, 2.24) is 0 Å². The van der Waals surface area contributed by atoms with Crippen LogP contribution in [0, 0.1) is 23.5 Å². The van der Waals surface area contributed by atoms with Crippen LogP contribution in [0.5, 0.6) is 0 Å². The molecule has 5 aliphatic carbocycles. The molecular formula is C41H50Zr. The van der Waals surface area contributed by atoms with Gasteiger partial charge in [-0.3, -0.25) is 12.2 Å². The molecule has 7 rings (SSSR count). The molecule has 0 radical (unpaired) electrons. The molecule has 1 unspecified atom stereocenters. The van der Waals surface area contributed by atoms with Gasteiger partial charge in [-0.1, -0.05) is 116 Å². The SMILES string of the molecule is CC1=[C-]C(C)(C)c2cc3c(cc21)-c1cc2c(cc1C3)C(C)(C)C=C2C.CC1[C-]=CC(C2(C)CCCCC2)=C1.C[C](C)=[Zr+2]. The van der Waals surface area contributed by atoms with Crippen molar-refractivity contribution >= 4 is 14.4 Å². The topological polar surface area (TPSA) is 0 Å². The van der Waals surface area contributed by atoms with E-state index < -0.39 is 0 Å². The normalized spacial score (nSPS) is 22.8. The molecule has 0 N–H and O–H groups in total. The van der Waals surface area contributed by atoms with Crippen LogP contribution >= 0.6 is 0 Å². The Hall–Kier alpha value is -1.85. The van der Waals surface area contributed by atoms with E-state index in [2.05, 4.69) is 124 Å². The van der Waals surface area contributed by atoms with Crippen molar-refractivity contribution in [3.63, 3.8) is 0 Å². The molecule has 42 heavy (non-hydrogen) atoms. The molecular weight excluding hydrogens is 584 g/mol. The second kappa shape index (κ2) is 11.6. The standard InChI is InChI=1S/C25H25.C13H19.C3H6.Zr/c1-14-12-24(3,4)22-8-16-7-17-9-23-19(15(2)13-25(23,5)6)11-21(17)20(16)10-18(14)22;1-11-6-7-12(10-11)13(2)8-4-3-5-9-13;1-3-2;/h8-12H,7H2,1-6H3;7,10-11H,3-5,8-9H2,1-2H3;1-2H3;/q2*-1;;+2. The molecule has 0 spiro atoms. The maximum atomic E-state index is 3.65. The molecule has 0 aromatic heterocycles. The summed E-state index contributed by atoms with van der Waals surface area (Å²) < 4.78 is 1.51. The molecule has 1 saturated carbocycles. The Morgan fingerprint density at radius 2 is 1.38 bits per heavy atom. The van der Waals surface area contributed by atoms with Crippen molar-refractivity contribution < 1.29 is 24.2 Å². The fourth-order valence-corrected chi connectivity index (χ4v) is 7.86. The van der Waals surface area contributed by atoms with Gasteiger partial charge in [0, 0.05) is 5.41 Å². The second-order valence-electron chi connectivity index (χ2n) is 15.1. The summed E-state index contributed by atoms with van der Waals surface area (Å²) in [7, 11) is 0. The molecule has 0 bridgehead atoms. The predicted molar refractivity (Wildman–Crippen MR) is 179 cm³/mol. The monoisotopic (exact) mass is 632 g/mol. The molecule has 2 aromatic rings. The summed E-state index contributed by atoms with van der Waals surface area (Å²) in [6.45, 7) is 22.6. The van der Waals surface area contributed by atoms with Crippen molar-refractivity contribution in [1.29, 1.82) is 0 Å². The van der Waals surface area contributed by atoms with E-state index in [0.29, 0.717) is 11.3 Å². The first-order valence-electron chi connectivity index (χ1n) is 16.1. The Morgan fingerprint density at radius 3 is 1.95 bits per heavy atom. The van der Waals surface area contributed by atoms with E-state index in [9.17, 15) is 0 Å². The first kappa shape index (κ1) is 31.6. The average molecular weight is 634 g/mol. The van der Waals surface area contributed by atoms with Crippen LogP contribution in [0.1, 0.15) is 135 Å². The summed E-state index contributed by atoms with van der Waals surface area (Å²) in [5.74, 6) is 0.550. The molecule has 0 nitrogen and oxygen atoms in total. The van der Waals surface area contributed by atoms with E-state index in [1.807, 2.05) is 0 Å². The Kier molecular flexibility index (Phi) is 8.71. The number of benzene rings is 2. The number of fused-ring (bicyclic) bond motifs is 5. The van der Waals surface area contributed by atoms with Crippen LogP contribution in [0.4, 0.5) is 0 Å². The zero-order valence-corrected chi connectivity index (χ0v) is 30.3. The van der Waals surface area contributed by atoms with E-state index in [-0.39, 0.29) is 10.8 Å². The van der Waals surface area contributed by atoms with Gasteiger partial charge in [-0.05, 0) is 58.4 Å². The summed E-state index contributed by atoms with van der Waals surface area (Å²) in [5.41, 5.74) is 16.6. The predicted octanol–water partition coefficient (Wildman–Crippen LogP) is 11.1. The van der Waals surface area contributed by atoms with Gasteiger partial charge < -0.3 is 0 Å². The van der Waals surface area contributed by atoms with Crippen molar-refractivity contribution in [3.05, 3.63) is 93.6 Å². The van der Waals surface area contributed by atoms with Crippen molar-refractivity contribution in [3.8, 4) is 11.1 Å². The zero-order valence-electron chi connectivity index (χ0n) is 27.9. The van der Waals surface area contributed by atoms with Crippen LogP contribution in [0.2, 0.25) is 0 Å². The summed E-state index contributed by atoms with van der Waals surface area (Å²) in [4.78, 5) is 0. The minimum absolute atomic E-state index is 0.0340. The molecule has 1 fully saturated rings. The van der Waals surface area contributed by atoms with Crippen molar-refractivity contribution in [2.24, 2.45) is 11.3 Å². The molecule has 5 aliphatic rings. The molecule has 0 saturated heterocycles. The van der Waals surface area contributed by atoms with Crippen LogP contribution in [0.15, 0.2) is 48.1 Å². The summed E-state index contributed by atoms with van der Waals surface area (Å²) in [6, 6.07) is 9.81. The molecule has 0 amide bonds. The van der Waals surface area contributed by atoms with Crippen LogP contribution in [-0.2, 0) is 41.5 Å². The number of allylic oxidation sites excluding steroid dienone is 8. The van der Waals surface area contributed by atoms with Crippen LogP contribution in [-0.4, -0.2) is 3.21 Å². The van der Waals surface area contributed by atoms with Gasteiger partial charge >= 0.3 is 41.3 Å². The molecule has 1 heteroatoms. The van der Waals surface area contributed by atoms with E-state index in [1.54, 1.807) is 29.8 Å². The first-order valence-corrected chi connectivity index (χ1v) is 17.3. The van der Waals surface area contributed by atoms with E-state index in [4.69, 9.17) is 0 Å². The molecule has 0 heterocycles. The van der Waals surface area contributed by atoms with Gasteiger partial charge in [-0.2, -0.15) is 17.2 Å². The van der Waals surface area contributed by atoms with E-state index in [1.165, 1.54) is 91.0 Å². The molecule has 1 atom stereocenters. The Balaban J connectivity index is 0.000000174. The zero-order chi connectivity index (χ0) is 30.6. The van der Waals surface area contributed by atoms with E-state index in [0.717, 1.165) is 6.42 Å². The van der Waals surface area contributed by atoms with Crippen LogP contribution in [0.25, 0.3) is 22.3 Å².